The summed E-state index contributed by atoms with van der Waals surface area (Å²) in [6.45, 7) is 9.41. The van der Waals surface area contributed by atoms with Crippen molar-refractivity contribution in [2.24, 2.45) is 0 Å². The van der Waals surface area contributed by atoms with E-state index in [1.54, 1.807) is 0 Å². The van der Waals surface area contributed by atoms with Gasteiger partial charge in [-0.2, -0.15) is 4.98 Å². The first-order chi connectivity index (χ1) is 15.3. The molecule has 1 aliphatic heterocycles. The van der Waals surface area contributed by atoms with Gasteiger partial charge in [-0.25, -0.2) is 19.2 Å². The van der Waals surface area contributed by atoms with Crippen molar-refractivity contribution in [2.45, 2.75) is 26.3 Å². The van der Waals surface area contributed by atoms with E-state index < -0.39 is 17.4 Å². The third-order valence-corrected chi connectivity index (χ3v) is 4.85. The largest absolute Gasteiger partial charge is 0.369 e. The minimum atomic E-state index is -0.658. The monoisotopic (exact) mass is 438 g/mol. The highest BCUT2D eigenvalue weighted by Gasteiger charge is 2.17. The summed E-state index contributed by atoms with van der Waals surface area (Å²) in [7, 11) is 0. The number of hydrogen-bond donors (Lipinski definition) is 4. The fourth-order valence-electron chi connectivity index (χ4n) is 3.37. The van der Waals surface area contributed by atoms with Crippen LogP contribution in [0.1, 0.15) is 20.8 Å². The zero-order valence-electron chi connectivity index (χ0n) is 18.4. The summed E-state index contributed by atoms with van der Waals surface area (Å²) in [5.41, 5.74) is 1.80. The average Bonchev–Trinajstić information content (AvgIpc) is 2.74. The number of carbonyl (C=O) groups excluding carboxylic acids is 1. The molecule has 0 spiro atoms. The third-order valence-electron chi connectivity index (χ3n) is 4.85. The summed E-state index contributed by atoms with van der Waals surface area (Å²) < 4.78 is 14.4. The summed E-state index contributed by atoms with van der Waals surface area (Å²) in [6, 6.07) is 8.75. The average molecular weight is 439 g/mol. The molecule has 4 N–H and O–H groups in total. The predicted molar refractivity (Wildman–Crippen MR) is 124 cm³/mol. The molecular formula is C22H27FN8O. The smallest absolute Gasteiger partial charge is 0.320 e. The molecule has 2 aromatic heterocycles. The number of anilines is 4. The van der Waals surface area contributed by atoms with E-state index in [-0.39, 0.29) is 11.5 Å². The molecule has 3 aromatic rings. The molecule has 3 heterocycles. The Morgan fingerprint density at radius 2 is 1.84 bits per heavy atom. The number of benzene rings is 1. The van der Waals surface area contributed by atoms with Gasteiger partial charge in [-0.3, -0.25) is 5.32 Å². The summed E-state index contributed by atoms with van der Waals surface area (Å²) >= 11 is 0. The van der Waals surface area contributed by atoms with Gasteiger partial charge in [0.25, 0.3) is 0 Å². The number of pyridine rings is 1. The summed E-state index contributed by atoms with van der Waals surface area (Å²) in [4.78, 5) is 27.2. The van der Waals surface area contributed by atoms with Crippen molar-refractivity contribution in [1.29, 1.82) is 0 Å². The molecule has 10 heteroatoms. The molecule has 0 saturated carbocycles. The Bertz CT molecular complexity index is 1110. The van der Waals surface area contributed by atoms with E-state index in [1.807, 2.05) is 32.9 Å². The normalized spacial score (nSPS) is 14.3. The first-order valence-corrected chi connectivity index (χ1v) is 10.5. The predicted octanol–water partition coefficient (Wildman–Crippen LogP) is 3.24. The molecule has 0 radical (unpaired) electrons. The van der Waals surface area contributed by atoms with Crippen molar-refractivity contribution >= 4 is 40.2 Å². The Morgan fingerprint density at radius 1 is 1.12 bits per heavy atom. The number of piperazine rings is 1. The van der Waals surface area contributed by atoms with Gasteiger partial charge in [-0.15, -0.1) is 0 Å². The molecule has 4 rings (SSSR count). The van der Waals surface area contributed by atoms with Crippen LogP contribution in [0.2, 0.25) is 0 Å². The SMILES string of the molecule is CC(C)(C)NC(=O)Nc1nc2nc(Nc3ccc(N4CCNCC4)cc3)ncc2cc1F. The standard InChI is InChI=1S/C22H27FN8O/c1-22(2,3)30-21(32)29-19-17(23)12-14-13-25-20(28-18(14)27-19)26-15-4-6-16(7-5-15)31-10-8-24-9-11-31/h4-7,12-13,24H,8-11H2,1-3H3,(H3,25,26,27,28,29,30,32). The van der Waals surface area contributed by atoms with Crippen LogP contribution in [0, 0.1) is 5.82 Å². The number of urea groups is 1. The molecule has 168 valence electrons. The van der Waals surface area contributed by atoms with Crippen molar-refractivity contribution in [3.63, 3.8) is 0 Å². The quantitative estimate of drug-likeness (QED) is 0.495. The maximum Gasteiger partial charge on any atom is 0.320 e. The Labute approximate surface area is 185 Å². The second-order valence-corrected chi connectivity index (χ2v) is 8.66. The van der Waals surface area contributed by atoms with E-state index in [9.17, 15) is 9.18 Å². The summed E-state index contributed by atoms with van der Waals surface area (Å²) in [5, 5.41) is 12.1. The van der Waals surface area contributed by atoms with Gasteiger partial charge in [0, 0.05) is 54.7 Å². The number of nitrogens with zero attached hydrogens (tertiary/aromatic N) is 4. The van der Waals surface area contributed by atoms with Crippen molar-refractivity contribution in [3.05, 3.63) is 42.3 Å². The van der Waals surface area contributed by atoms with Crippen LogP contribution in [0.4, 0.5) is 32.3 Å². The topological polar surface area (TPSA) is 107 Å². The van der Waals surface area contributed by atoms with Gasteiger partial charge < -0.3 is 20.9 Å². The van der Waals surface area contributed by atoms with E-state index in [1.165, 1.54) is 12.3 Å². The van der Waals surface area contributed by atoms with Gasteiger partial charge in [0.1, 0.15) is 0 Å². The summed E-state index contributed by atoms with van der Waals surface area (Å²) in [5.74, 6) is -0.518. The molecule has 2 amide bonds. The second kappa shape index (κ2) is 8.91. The number of carbonyl (C=O) groups is 1. The van der Waals surface area contributed by atoms with Crippen LogP contribution in [0.15, 0.2) is 36.5 Å². The fraction of sp³-hybridized carbons (Fsp3) is 0.364. The molecule has 1 saturated heterocycles. The highest BCUT2D eigenvalue weighted by atomic mass is 19.1. The number of aromatic nitrogens is 3. The lowest BCUT2D eigenvalue weighted by Gasteiger charge is -2.29. The maximum absolute atomic E-state index is 14.4. The Hall–Kier alpha value is -3.53. The van der Waals surface area contributed by atoms with Crippen molar-refractivity contribution in [3.8, 4) is 0 Å². The van der Waals surface area contributed by atoms with E-state index in [0.29, 0.717) is 11.3 Å². The highest BCUT2D eigenvalue weighted by molar-refractivity contribution is 5.90. The Balaban J connectivity index is 1.50. The number of fused-ring (bicyclic) bond motifs is 1. The lowest BCUT2D eigenvalue weighted by atomic mass is 10.1. The van der Waals surface area contributed by atoms with Crippen LogP contribution >= 0.6 is 0 Å². The third kappa shape index (κ3) is 5.38. The molecule has 0 bridgehead atoms. The van der Waals surface area contributed by atoms with E-state index >= 15 is 0 Å². The minimum Gasteiger partial charge on any atom is -0.369 e. The molecule has 0 aliphatic carbocycles. The fourth-order valence-corrected chi connectivity index (χ4v) is 3.37. The van der Waals surface area contributed by atoms with Crippen molar-refractivity contribution < 1.29 is 9.18 Å². The number of nitrogens with one attached hydrogen (secondary N) is 4. The van der Waals surface area contributed by atoms with Gasteiger partial charge in [-0.05, 0) is 51.1 Å². The number of amides is 2. The van der Waals surface area contributed by atoms with Crippen LogP contribution in [0.5, 0.6) is 0 Å². The van der Waals surface area contributed by atoms with Crippen LogP contribution in [-0.4, -0.2) is 52.7 Å². The van der Waals surface area contributed by atoms with Crippen LogP contribution in [0.25, 0.3) is 11.0 Å². The van der Waals surface area contributed by atoms with Gasteiger partial charge in [0.2, 0.25) is 5.95 Å². The van der Waals surface area contributed by atoms with Crippen LogP contribution in [0.3, 0.4) is 0 Å². The second-order valence-electron chi connectivity index (χ2n) is 8.66. The first-order valence-electron chi connectivity index (χ1n) is 10.5. The van der Waals surface area contributed by atoms with Gasteiger partial charge >= 0.3 is 6.03 Å². The zero-order chi connectivity index (χ0) is 22.7. The molecule has 1 fully saturated rings. The molecule has 1 aromatic carbocycles. The lowest BCUT2D eigenvalue weighted by Crippen LogP contribution is -2.43. The summed E-state index contributed by atoms with van der Waals surface area (Å²) in [6.07, 6.45) is 1.49. The van der Waals surface area contributed by atoms with E-state index in [0.717, 1.165) is 37.6 Å². The molecular weight excluding hydrogens is 411 g/mol. The molecule has 9 nitrogen and oxygen atoms in total. The van der Waals surface area contributed by atoms with E-state index in [4.69, 9.17) is 0 Å². The van der Waals surface area contributed by atoms with Gasteiger partial charge in [-0.1, -0.05) is 0 Å². The lowest BCUT2D eigenvalue weighted by molar-refractivity contribution is 0.243. The van der Waals surface area contributed by atoms with Crippen LogP contribution < -0.4 is 26.2 Å². The minimum absolute atomic E-state index is 0.190. The Kier molecular flexibility index (Phi) is 6.04. The molecule has 0 unspecified atom stereocenters. The van der Waals surface area contributed by atoms with Crippen LogP contribution in [-0.2, 0) is 0 Å². The number of rotatable bonds is 4. The molecule has 32 heavy (non-hydrogen) atoms. The number of halogens is 1. The maximum atomic E-state index is 14.4. The van der Waals surface area contributed by atoms with E-state index in [2.05, 4.69) is 53.3 Å². The molecule has 1 aliphatic rings. The highest BCUT2D eigenvalue weighted by Crippen LogP contribution is 2.22. The van der Waals surface area contributed by atoms with Crippen molar-refractivity contribution in [2.75, 3.05) is 41.7 Å². The van der Waals surface area contributed by atoms with Crippen molar-refractivity contribution in [1.82, 2.24) is 25.6 Å². The number of hydrogen-bond acceptors (Lipinski definition) is 7. The molecule has 0 atom stereocenters. The first kappa shape index (κ1) is 21.7. The Morgan fingerprint density at radius 3 is 2.53 bits per heavy atom. The van der Waals surface area contributed by atoms with Gasteiger partial charge in [0.15, 0.2) is 17.3 Å². The zero-order valence-corrected chi connectivity index (χ0v) is 18.4. The van der Waals surface area contributed by atoms with Gasteiger partial charge in [0.05, 0.1) is 0 Å².